The monoisotopic (exact) mass is 331 g/mol. The Labute approximate surface area is 137 Å². The van der Waals surface area contributed by atoms with E-state index < -0.39 is 17.7 Å². The van der Waals surface area contributed by atoms with Gasteiger partial charge in [0.2, 0.25) is 12.7 Å². The largest absolute Gasteiger partial charge is 0.454 e. The summed E-state index contributed by atoms with van der Waals surface area (Å²) in [5.74, 6) is -0.444. The van der Waals surface area contributed by atoms with Gasteiger partial charge in [0.15, 0.2) is 11.5 Å². The summed E-state index contributed by atoms with van der Waals surface area (Å²) in [6, 6.07) is 7.99. The van der Waals surface area contributed by atoms with Crippen molar-refractivity contribution in [2.45, 2.75) is 13.0 Å². The zero-order chi connectivity index (χ0) is 17.1. The number of halogens is 2. The normalized spacial score (nSPS) is 14.0. The summed E-state index contributed by atoms with van der Waals surface area (Å²) < 4.78 is 37.1. The van der Waals surface area contributed by atoms with E-state index in [4.69, 9.17) is 9.47 Å². The maximum atomic E-state index is 13.7. The van der Waals surface area contributed by atoms with Crippen molar-refractivity contribution in [2.75, 3.05) is 6.79 Å². The number of hydrogen-bond acceptors (Lipinski definition) is 3. The molecule has 2 aromatic rings. The molecule has 0 saturated heterocycles. The highest BCUT2D eigenvalue weighted by Crippen LogP contribution is 2.32. The summed E-state index contributed by atoms with van der Waals surface area (Å²) in [5, 5.41) is 2.63. The summed E-state index contributed by atoms with van der Waals surface area (Å²) in [6.45, 7) is 1.81. The molecule has 1 unspecified atom stereocenters. The Balaban J connectivity index is 1.64. The second kappa shape index (κ2) is 6.70. The molecule has 0 fully saturated rings. The Morgan fingerprint density at radius 1 is 1.17 bits per heavy atom. The van der Waals surface area contributed by atoms with Gasteiger partial charge in [-0.2, -0.15) is 0 Å². The molecule has 2 aromatic carbocycles. The molecule has 124 valence electrons. The molecule has 0 spiro atoms. The van der Waals surface area contributed by atoms with Crippen LogP contribution in [-0.2, 0) is 4.79 Å². The first-order chi connectivity index (χ1) is 11.5. The van der Waals surface area contributed by atoms with Gasteiger partial charge >= 0.3 is 0 Å². The molecule has 0 aromatic heterocycles. The van der Waals surface area contributed by atoms with Crippen LogP contribution in [0.2, 0.25) is 0 Å². The first-order valence-electron chi connectivity index (χ1n) is 7.36. The van der Waals surface area contributed by atoms with Crippen molar-refractivity contribution in [3.8, 4) is 11.5 Å². The lowest BCUT2D eigenvalue weighted by Gasteiger charge is -2.13. The van der Waals surface area contributed by atoms with Gasteiger partial charge in [0.1, 0.15) is 11.6 Å². The van der Waals surface area contributed by atoms with Crippen LogP contribution in [0.25, 0.3) is 6.08 Å². The van der Waals surface area contributed by atoms with Crippen LogP contribution >= 0.6 is 0 Å². The average Bonchev–Trinajstić information content (AvgIpc) is 3.00. The van der Waals surface area contributed by atoms with Gasteiger partial charge in [0.05, 0.1) is 6.04 Å². The number of carbonyl (C=O) groups excluding carboxylic acids is 1. The molecule has 6 heteroatoms. The fourth-order valence-corrected chi connectivity index (χ4v) is 2.38. The Morgan fingerprint density at radius 2 is 1.96 bits per heavy atom. The van der Waals surface area contributed by atoms with E-state index in [1.807, 2.05) is 0 Å². The second-order valence-electron chi connectivity index (χ2n) is 5.34. The van der Waals surface area contributed by atoms with Crippen molar-refractivity contribution in [3.05, 3.63) is 65.2 Å². The zero-order valence-corrected chi connectivity index (χ0v) is 12.9. The Kier molecular flexibility index (Phi) is 4.46. The molecule has 0 aliphatic carbocycles. The Bertz CT molecular complexity index is 805. The second-order valence-corrected chi connectivity index (χ2v) is 5.34. The molecule has 1 N–H and O–H groups in total. The standard InChI is InChI=1S/C18H15F2NO3/c1-11(14-5-4-13(19)9-15(14)20)21-18(22)7-3-12-2-6-16-17(8-12)24-10-23-16/h2-9,11H,10H2,1H3,(H,21,22)/b7-3+. The van der Waals surface area contributed by atoms with E-state index in [1.165, 1.54) is 12.1 Å². The molecule has 1 heterocycles. The predicted molar refractivity (Wildman–Crippen MR) is 84.5 cm³/mol. The predicted octanol–water partition coefficient (Wildman–Crippen LogP) is 3.58. The summed E-state index contributed by atoms with van der Waals surface area (Å²) in [7, 11) is 0. The van der Waals surface area contributed by atoms with Gasteiger partial charge in [0, 0.05) is 17.7 Å². The summed E-state index contributed by atoms with van der Waals surface area (Å²) in [5.41, 5.74) is 0.997. The highest BCUT2D eigenvalue weighted by atomic mass is 19.1. The van der Waals surface area contributed by atoms with Crippen LogP contribution < -0.4 is 14.8 Å². The van der Waals surface area contributed by atoms with Gasteiger partial charge in [-0.3, -0.25) is 4.79 Å². The molecule has 0 saturated carbocycles. The van der Waals surface area contributed by atoms with Gasteiger partial charge in [-0.15, -0.1) is 0 Å². The first-order valence-corrected chi connectivity index (χ1v) is 7.36. The number of hydrogen-bond donors (Lipinski definition) is 1. The van der Waals surface area contributed by atoms with Crippen molar-refractivity contribution in [3.63, 3.8) is 0 Å². The Hall–Kier alpha value is -2.89. The number of amides is 1. The topological polar surface area (TPSA) is 47.6 Å². The van der Waals surface area contributed by atoms with Crippen molar-refractivity contribution in [2.24, 2.45) is 0 Å². The van der Waals surface area contributed by atoms with E-state index in [2.05, 4.69) is 5.32 Å². The van der Waals surface area contributed by atoms with Crippen molar-refractivity contribution in [1.82, 2.24) is 5.32 Å². The van der Waals surface area contributed by atoms with Crippen LogP contribution in [-0.4, -0.2) is 12.7 Å². The smallest absolute Gasteiger partial charge is 0.244 e. The lowest BCUT2D eigenvalue weighted by atomic mass is 10.1. The van der Waals surface area contributed by atoms with Gasteiger partial charge in [-0.05, 0) is 36.8 Å². The number of rotatable bonds is 4. The molecule has 3 rings (SSSR count). The molecular formula is C18H15F2NO3. The molecular weight excluding hydrogens is 316 g/mol. The Morgan fingerprint density at radius 3 is 2.75 bits per heavy atom. The molecule has 1 amide bonds. The van der Waals surface area contributed by atoms with Crippen LogP contribution in [0.1, 0.15) is 24.1 Å². The van der Waals surface area contributed by atoms with Crippen LogP contribution in [0.15, 0.2) is 42.5 Å². The van der Waals surface area contributed by atoms with E-state index in [0.29, 0.717) is 11.5 Å². The minimum absolute atomic E-state index is 0.184. The number of ether oxygens (including phenoxy) is 2. The molecule has 1 aliphatic rings. The van der Waals surface area contributed by atoms with E-state index >= 15 is 0 Å². The molecule has 4 nitrogen and oxygen atoms in total. The SMILES string of the molecule is CC(NC(=O)/C=C/c1ccc2c(c1)OCO2)c1ccc(F)cc1F. The molecule has 1 atom stereocenters. The van der Waals surface area contributed by atoms with Gasteiger partial charge in [-0.1, -0.05) is 12.1 Å². The minimum Gasteiger partial charge on any atom is -0.454 e. The number of carbonyl (C=O) groups is 1. The third-order valence-corrected chi connectivity index (χ3v) is 3.61. The maximum Gasteiger partial charge on any atom is 0.244 e. The number of benzene rings is 2. The van der Waals surface area contributed by atoms with Crippen LogP contribution in [0, 0.1) is 11.6 Å². The lowest BCUT2D eigenvalue weighted by molar-refractivity contribution is -0.117. The van der Waals surface area contributed by atoms with E-state index in [-0.39, 0.29) is 18.3 Å². The van der Waals surface area contributed by atoms with E-state index in [9.17, 15) is 13.6 Å². The number of fused-ring (bicyclic) bond motifs is 1. The molecule has 24 heavy (non-hydrogen) atoms. The highest BCUT2D eigenvalue weighted by Gasteiger charge is 2.14. The average molecular weight is 331 g/mol. The maximum absolute atomic E-state index is 13.7. The van der Waals surface area contributed by atoms with Gasteiger partial charge in [-0.25, -0.2) is 8.78 Å². The third-order valence-electron chi connectivity index (χ3n) is 3.61. The first kappa shape index (κ1) is 16.0. The van der Waals surface area contributed by atoms with Crippen LogP contribution in [0.5, 0.6) is 11.5 Å². The molecule has 0 radical (unpaired) electrons. The molecule has 0 bridgehead atoms. The van der Waals surface area contributed by atoms with Crippen molar-refractivity contribution in [1.29, 1.82) is 0 Å². The van der Waals surface area contributed by atoms with Crippen LogP contribution in [0.3, 0.4) is 0 Å². The van der Waals surface area contributed by atoms with Crippen molar-refractivity contribution < 1.29 is 23.0 Å². The molecule has 1 aliphatic heterocycles. The fraction of sp³-hybridized carbons (Fsp3) is 0.167. The summed E-state index contributed by atoms with van der Waals surface area (Å²) in [4.78, 5) is 12.0. The third kappa shape index (κ3) is 3.53. The van der Waals surface area contributed by atoms with Crippen LogP contribution in [0.4, 0.5) is 8.78 Å². The summed E-state index contributed by atoms with van der Waals surface area (Å²) in [6.07, 6.45) is 2.96. The lowest BCUT2D eigenvalue weighted by Crippen LogP contribution is -2.25. The van der Waals surface area contributed by atoms with E-state index in [0.717, 1.165) is 17.7 Å². The fourth-order valence-electron chi connectivity index (χ4n) is 2.38. The van der Waals surface area contributed by atoms with E-state index in [1.54, 1.807) is 31.2 Å². The minimum atomic E-state index is -0.692. The van der Waals surface area contributed by atoms with Crippen molar-refractivity contribution >= 4 is 12.0 Å². The summed E-state index contributed by atoms with van der Waals surface area (Å²) >= 11 is 0. The van der Waals surface area contributed by atoms with Gasteiger partial charge in [0.25, 0.3) is 0 Å². The highest BCUT2D eigenvalue weighted by molar-refractivity contribution is 5.92. The quantitative estimate of drug-likeness (QED) is 0.871. The van der Waals surface area contributed by atoms with Gasteiger partial charge < -0.3 is 14.8 Å². The zero-order valence-electron chi connectivity index (χ0n) is 12.9. The number of nitrogens with one attached hydrogen (secondary N) is 1.